The van der Waals surface area contributed by atoms with Crippen LogP contribution in [-0.2, 0) is 0 Å². The van der Waals surface area contributed by atoms with Gasteiger partial charge in [0.25, 0.3) is 17.7 Å². The molecule has 1 fully saturated rings. The summed E-state index contributed by atoms with van der Waals surface area (Å²) in [6.45, 7) is 4.35. The first kappa shape index (κ1) is 21.0. The van der Waals surface area contributed by atoms with Crippen LogP contribution in [0.4, 0.5) is 5.69 Å². The summed E-state index contributed by atoms with van der Waals surface area (Å²) in [4.78, 5) is 42.6. The number of imide groups is 1. The van der Waals surface area contributed by atoms with E-state index in [1.165, 1.54) is 6.07 Å². The van der Waals surface area contributed by atoms with E-state index in [9.17, 15) is 14.4 Å². The molecular formula is C26H24N2O5. The standard InChI is InChI=1S/C26H24N2O5/c1-3-32-20-11-9-19(10-12-20)28-25(30)21-13-6-17(15-22(21)26(28)31)24(29)27(18-7-8-18)16(2)23-5-4-14-33-23/h4-6,9-16,18H,3,7-8H2,1-2H3. The van der Waals surface area contributed by atoms with Gasteiger partial charge in [-0.3, -0.25) is 14.4 Å². The van der Waals surface area contributed by atoms with Crippen LogP contribution in [0.1, 0.15) is 69.6 Å². The van der Waals surface area contributed by atoms with E-state index >= 15 is 0 Å². The molecule has 1 aliphatic carbocycles. The molecule has 3 aromatic rings. The van der Waals surface area contributed by atoms with Crippen molar-refractivity contribution in [3.63, 3.8) is 0 Å². The number of fused-ring (bicyclic) bond motifs is 1. The summed E-state index contributed by atoms with van der Waals surface area (Å²) >= 11 is 0. The van der Waals surface area contributed by atoms with E-state index < -0.39 is 11.8 Å². The minimum Gasteiger partial charge on any atom is -0.494 e. The Bertz CT molecular complexity index is 1210. The molecule has 0 spiro atoms. The quantitative estimate of drug-likeness (QED) is 0.487. The third-order valence-electron chi connectivity index (χ3n) is 6.09. The third-order valence-corrected chi connectivity index (χ3v) is 6.09. The van der Waals surface area contributed by atoms with Gasteiger partial charge in [-0.05, 0) is 81.3 Å². The summed E-state index contributed by atoms with van der Waals surface area (Å²) in [6.07, 6.45) is 3.46. The van der Waals surface area contributed by atoms with Gasteiger partial charge in [0, 0.05) is 11.6 Å². The zero-order chi connectivity index (χ0) is 23.1. The second-order valence-electron chi connectivity index (χ2n) is 8.27. The largest absolute Gasteiger partial charge is 0.494 e. The molecule has 0 N–H and O–H groups in total. The van der Waals surface area contributed by atoms with Crippen LogP contribution in [0, 0.1) is 0 Å². The summed E-state index contributed by atoms with van der Waals surface area (Å²) in [5, 5.41) is 0. The molecule has 168 valence electrons. The molecule has 3 amide bonds. The SMILES string of the molecule is CCOc1ccc(N2C(=O)c3ccc(C(=O)N(C4CC4)C(C)c4ccco4)cc3C2=O)cc1. The maximum Gasteiger partial charge on any atom is 0.266 e. The highest BCUT2D eigenvalue weighted by Crippen LogP contribution is 2.37. The van der Waals surface area contributed by atoms with Crippen LogP contribution in [-0.4, -0.2) is 35.3 Å². The Labute approximate surface area is 191 Å². The van der Waals surface area contributed by atoms with Crippen molar-refractivity contribution in [3.8, 4) is 5.75 Å². The number of ether oxygens (including phenoxy) is 1. The van der Waals surface area contributed by atoms with E-state index in [1.807, 2.05) is 24.8 Å². The number of anilines is 1. The predicted molar refractivity (Wildman–Crippen MR) is 122 cm³/mol. The van der Waals surface area contributed by atoms with Crippen LogP contribution >= 0.6 is 0 Å². The number of nitrogens with zero attached hydrogens (tertiary/aromatic N) is 2. The lowest BCUT2D eigenvalue weighted by Gasteiger charge is -2.28. The van der Waals surface area contributed by atoms with Crippen molar-refractivity contribution in [1.29, 1.82) is 0 Å². The molecule has 2 aliphatic rings. The summed E-state index contributed by atoms with van der Waals surface area (Å²) in [5.74, 6) is 0.358. The number of carbonyl (C=O) groups excluding carboxylic acids is 3. The molecule has 2 aromatic carbocycles. The molecule has 7 nitrogen and oxygen atoms in total. The van der Waals surface area contributed by atoms with Crippen molar-refractivity contribution in [3.05, 3.63) is 83.3 Å². The first-order valence-electron chi connectivity index (χ1n) is 11.1. The van der Waals surface area contributed by atoms with Gasteiger partial charge in [0.2, 0.25) is 0 Å². The normalized spacial score (nSPS) is 16.0. The molecule has 7 heteroatoms. The molecule has 33 heavy (non-hydrogen) atoms. The Kier molecular flexibility index (Phi) is 5.24. The van der Waals surface area contributed by atoms with Gasteiger partial charge >= 0.3 is 0 Å². The molecular weight excluding hydrogens is 420 g/mol. The maximum absolute atomic E-state index is 13.5. The fourth-order valence-electron chi connectivity index (χ4n) is 4.29. The highest BCUT2D eigenvalue weighted by molar-refractivity contribution is 6.34. The van der Waals surface area contributed by atoms with Gasteiger partial charge in [-0.15, -0.1) is 0 Å². The fraction of sp³-hybridized carbons (Fsp3) is 0.269. The smallest absolute Gasteiger partial charge is 0.266 e. The fourth-order valence-corrected chi connectivity index (χ4v) is 4.29. The number of benzene rings is 2. The van der Waals surface area contributed by atoms with Crippen molar-refractivity contribution in [2.45, 2.75) is 38.8 Å². The minimum absolute atomic E-state index is 0.142. The zero-order valence-corrected chi connectivity index (χ0v) is 18.5. The molecule has 0 saturated heterocycles. The van der Waals surface area contributed by atoms with Crippen LogP contribution in [0.3, 0.4) is 0 Å². The third kappa shape index (κ3) is 3.69. The highest BCUT2D eigenvalue weighted by atomic mass is 16.5. The number of rotatable bonds is 7. The van der Waals surface area contributed by atoms with Crippen molar-refractivity contribution >= 4 is 23.4 Å². The second kappa shape index (κ2) is 8.24. The van der Waals surface area contributed by atoms with Gasteiger partial charge in [0.05, 0.1) is 35.7 Å². The van der Waals surface area contributed by atoms with Gasteiger partial charge in [-0.25, -0.2) is 4.90 Å². The number of furan rings is 1. The van der Waals surface area contributed by atoms with Gasteiger partial charge in [-0.1, -0.05) is 0 Å². The van der Waals surface area contributed by atoms with Crippen molar-refractivity contribution in [1.82, 2.24) is 4.90 Å². The molecule has 1 saturated carbocycles. The van der Waals surface area contributed by atoms with Crippen molar-refractivity contribution in [2.24, 2.45) is 0 Å². The molecule has 2 heterocycles. The van der Waals surface area contributed by atoms with E-state index in [0.29, 0.717) is 34.9 Å². The Balaban J connectivity index is 1.43. The molecule has 1 atom stereocenters. The molecule has 5 rings (SSSR count). The van der Waals surface area contributed by atoms with Gasteiger partial charge < -0.3 is 14.1 Å². The zero-order valence-electron chi connectivity index (χ0n) is 18.5. The van der Waals surface area contributed by atoms with Gasteiger partial charge in [0.1, 0.15) is 11.5 Å². The van der Waals surface area contributed by atoms with E-state index in [0.717, 1.165) is 17.7 Å². The number of hydrogen-bond acceptors (Lipinski definition) is 5. The molecule has 1 aliphatic heterocycles. The monoisotopic (exact) mass is 444 g/mol. The lowest BCUT2D eigenvalue weighted by Crippen LogP contribution is -2.35. The average Bonchev–Trinajstić information content (AvgIpc) is 3.43. The van der Waals surface area contributed by atoms with Crippen molar-refractivity contribution in [2.75, 3.05) is 11.5 Å². The van der Waals surface area contributed by atoms with E-state index in [4.69, 9.17) is 9.15 Å². The summed E-state index contributed by atoms with van der Waals surface area (Å²) in [7, 11) is 0. The lowest BCUT2D eigenvalue weighted by molar-refractivity contribution is 0.0652. The molecule has 1 aromatic heterocycles. The minimum atomic E-state index is -0.439. The lowest BCUT2D eigenvalue weighted by atomic mass is 10.0. The number of carbonyl (C=O) groups is 3. The highest BCUT2D eigenvalue weighted by Gasteiger charge is 2.40. The van der Waals surface area contributed by atoms with E-state index in [-0.39, 0.29) is 23.6 Å². The molecule has 0 bridgehead atoms. The summed E-state index contributed by atoms with van der Waals surface area (Å²) in [6, 6.07) is 15.1. The molecule has 0 radical (unpaired) electrons. The topological polar surface area (TPSA) is 80.1 Å². The van der Waals surface area contributed by atoms with Crippen LogP contribution in [0.2, 0.25) is 0 Å². The predicted octanol–water partition coefficient (Wildman–Crippen LogP) is 4.84. The Morgan fingerprint density at radius 1 is 1.09 bits per heavy atom. The van der Waals surface area contributed by atoms with Gasteiger partial charge in [-0.2, -0.15) is 0 Å². The van der Waals surface area contributed by atoms with Crippen LogP contribution in [0.15, 0.2) is 65.3 Å². The van der Waals surface area contributed by atoms with E-state index in [1.54, 1.807) is 48.7 Å². The van der Waals surface area contributed by atoms with Crippen molar-refractivity contribution < 1.29 is 23.5 Å². The van der Waals surface area contributed by atoms with Crippen LogP contribution in [0.5, 0.6) is 5.75 Å². The first-order valence-corrected chi connectivity index (χ1v) is 11.1. The molecule has 1 unspecified atom stereocenters. The van der Waals surface area contributed by atoms with E-state index in [2.05, 4.69) is 0 Å². The number of amides is 3. The average molecular weight is 444 g/mol. The Morgan fingerprint density at radius 2 is 1.82 bits per heavy atom. The Hall–Kier alpha value is -3.87. The van der Waals surface area contributed by atoms with Gasteiger partial charge in [0.15, 0.2) is 0 Å². The van der Waals surface area contributed by atoms with Crippen LogP contribution < -0.4 is 9.64 Å². The second-order valence-corrected chi connectivity index (χ2v) is 8.27. The summed E-state index contributed by atoms with van der Waals surface area (Å²) < 4.78 is 11.0. The number of hydrogen-bond donors (Lipinski definition) is 0. The summed E-state index contributed by atoms with van der Waals surface area (Å²) in [5.41, 5.74) is 1.38. The van der Waals surface area contributed by atoms with Crippen LogP contribution in [0.25, 0.3) is 0 Å². The first-order chi connectivity index (χ1) is 16.0. The Morgan fingerprint density at radius 3 is 2.45 bits per heavy atom. The maximum atomic E-state index is 13.5.